The highest BCUT2D eigenvalue weighted by atomic mass is 16.5. The summed E-state index contributed by atoms with van der Waals surface area (Å²) < 4.78 is 7.06. The molecule has 0 aliphatic carbocycles. The van der Waals surface area contributed by atoms with Gasteiger partial charge in [-0.3, -0.25) is 4.79 Å². The lowest BCUT2D eigenvalue weighted by Crippen LogP contribution is -2.23. The van der Waals surface area contributed by atoms with E-state index < -0.39 is 0 Å². The van der Waals surface area contributed by atoms with Gasteiger partial charge in [0.1, 0.15) is 0 Å². The van der Waals surface area contributed by atoms with Crippen LogP contribution in [0.15, 0.2) is 71.6 Å². The SMILES string of the molecule is Cc1ccc(-c2cc(C(=O)NCc3ccnc(-n4cccn4)c3)c3c(C)noc3n2)cc1. The zero-order valence-corrected chi connectivity index (χ0v) is 17.6. The highest BCUT2D eigenvalue weighted by Crippen LogP contribution is 2.27. The molecule has 0 aliphatic heterocycles. The fraction of sp³-hybridized carbons (Fsp3) is 0.125. The summed E-state index contributed by atoms with van der Waals surface area (Å²) in [5.41, 5.74) is 5.06. The van der Waals surface area contributed by atoms with E-state index in [1.165, 1.54) is 0 Å². The molecule has 0 saturated heterocycles. The van der Waals surface area contributed by atoms with E-state index in [-0.39, 0.29) is 5.91 Å². The van der Waals surface area contributed by atoms with Gasteiger partial charge in [-0.25, -0.2) is 14.6 Å². The van der Waals surface area contributed by atoms with Crippen LogP contribution in [0.4, 0.5) is 0 Å². The number of fused-ring (bicyclic) bond motifs is 1. The predicted octanol–water partition coefficient (Wildman–Crippen LogP) is 4.02. The average Bonchev–Trinajstić information content (AvgIpc) is 3.48. The van der Waals surface area contributed by atoms with Gasteiger partial charge in [0.25, 0.3) is 11.6 Å². The number of pyridine rings is 2. The fourth-order valence-electron chi connectivity index (χ4n) is 3.52. The molecule has 1 amide bonds. The lowest BCUT2D eigenvalue weighted by atomic mass is 10.0. The summed E-state index contributed by atoms with van der Waals surface area (Å²) in [5.74, 6) is 0.457. The molecule has 158 valence electrons. The molecule has 0 unspecified atom stereocenters. The zero-order valence-electron chi connectivity index (χ0n) is 17.6. The van der Waals surface area contributed by atoms with E-state index in [2.05, 4.69) is 25.5 Å². The molecule has 0 spiro atoms. The maximum absolute atomic E-state index is 13.2. The molecule has 8 nitrogen and oxygen atoms in total. The predicted molar refractivity (Wildman–Crippen MR) is 119 cm³/mol. The molecule has 8 heteroatoms. The van der Waals surface area contributed by atoms with E-state index in [4.69, 9.17) is 4.52 Å². The van der Waals surface area contributed by atoms with Gasteiger partial charge in [0.2, 0.25) is 0 Å². The topological polar surface area (TPSA) is 98.7 Å². The van der Waals surface area contributed by atoms with Crippen LogP contribution in [0.25, 0.3) is 28.2 Å². The number of benzene rings is 1. The Bertz CT molecular complexity index is 1400. The number of nitrogens with one attached hydrogen (secondary N) is 1. The van der Waals surface area contributed by atoms with Crippen LogP contribution in [-0.2, 0) is 6.54 Å². The van der Waals surface area contributed by atoms with Crippen LogP contribution in [0.2, 0.25) is 0 Å². The molecule has 5 rings (SSSR count). The fourth-order valence-corrected chi connectivity index (χ4v) is 3.52. The standard InChI is InChI=1S/C24H20N6O2/c1-15-4-6-18(7-5-15)20-13-19(22-16(2)29-32-24(22)28-20)23(31)26-14-17-8-10-25-21(12-17)30-11-3-9-27-30/h3-13H,14H2,1-2H3,(H,26,31). The maximum Gasteiger partial charge on any atom is 0.259 e. The van der Waals surface area contributed by atoms with Crippen LogP contribution in [-0.4, -0.2) is 30.8 Å². The number of amides is 1. The Morgan fingerprint density at radius 3 is 2.72 bits per heavy atom. The molecule has 0 fully saturated rings. The maximum atomic E-state index is 13.2. The van der Waals surface area contributed by atoms with E-state index in [0.29, 0.717) is 40.4 Å². The van der Waals surface area contributed by atoms with Gasteiger partial charge in [-0.05, 0) is 43.7 Å². The summed E-state index contributed by atoms with van der Waals surface area (Å²) in [4.78, 5) is 22.1. The van der Waals surface area contributed by atoms with Crippen molar-refractivity contribution in [1.82, 2.24) is 30.2 Å². The summed E-state index contributed by atoms with van der Waals surface area (Å²) in [6.07, 6.45) is 5.21. The van der Waals surface area contributed by atoms with Crippen molar-refractivity contribution in [2.45, 2.75) is 20.4 Å². The molecule has 0 saturated carbocycles. The first kappa shape index (κ1) is 19.6. The monoisotopic (exact) mass is 424 g/mol. The third-order valence-electron chi connectivity index (χ3n) is 5.21. The molecule has 0 aliphatic rings. The van der Waals surface area contributed by atoms with Crippen molar-refractivity contribution in [3.8, 4) is 17.1 Å². The van der Waals surface area contributed by atoms with Crippen LogP contribution >= 0.6 is 0 Å². The number of carbonyl (C=O) groups is 1. The second-order valence-corrected chi connectivity index (χ2v) is 7.52. The summed E-state index contributed by atoms with van der Waals surface area (Å²) in [6.45, 7) is 4.16. The molecule has 0 bridgehead atoms. The zero-order chi connectivity index (χ0) is 22.1. The molecule has 32 heavy (non-hydrogen) atoms. The van der Waals surface area contributed by atoms with Crippen molar-refractivity contribution in [3.63, 3.8) is 0 Å². The van der Waals surface area contributed by atoms with Crippen LogP contribution in [0.1, 0.15) is 27.2 Å². The lowest BCUT2D eigenvalue weighted by molar-refractivity contribution is 0.0952. The smallest absolute Gasteiger partial charge is 0.259 e. The summed E-state index contributed by atoms with van der Waals surface area (Å²) in [7, 11) is 0. The Morgan fingerprint density at radius 2 is 1.94 bits per heavy atom. The van der Waals surface area contributed by atoms with Crippen molar-refractivity contribution in [2.24, 2.45) is 0 Å². The molecule has 1 N–H and O–H groups in total. The summed E-state index contributed by atoms with van der Waals surface area (Å²) in [5, 5.41) is 11.8. The summed E-state index contributed by atoms with van der Waals surface area (Å²) in [6, 6.07) is 15.3. The first-order valence-electron chi connectivity index (χ1n) is 10.2. The van der Waals surface area contributed by atoms with Crippen LogP contribution in [0.5, 0.6) is 0 Å². The summed E-state index contributed by atoms with van der Waals surface area (Å²) >= 11 is 0. The Hall–Kier alpha value is -4.33. The molecule has 1 aromatic carbocycles. The minimum absolute atomic E-state index is 0.227. The van der Waals surface area contributed by atoms with E-state index in [1.54, 1.807) is 30.1 Å². The van der Waals surface area contributed by atoms with Crippen molar-refractivity contribution in [2.75, 3.05) is 0 Å². The molecule has 4 aromatic heterocycles. The van der Waals surface area contributed by atoms with Gasteiger partial charge in [0, 0.05) is 30.7 Å². The number of aromatic nitrogens is 5. The first-order valence-corrected chi connectivity index (χ1v) is 10.2. The van der Waals surface area contributed by atoms with Gasteiger partial charge in [-0.1, -0.05) is 35.0 Å². The molecule has 0 radical (unpaired) electrons. The van der Waals surface area contributed by atoms with E-state index in [0.717, 1.165) is 16.7 Å². The molecular weight excluding hydrogens is 404 g/mol. The van der Waals surface area contributed by atoms with Crippen molar-refractivity contribution in [1.29, 1.82) is 0 Å². The number of hydrogen-bond acceptors (Lipinski definition) is 6. The first-order chi connectivity index (χ1) is 15.6. The average molecular weight is 424 g/mol. The largest absolute Gasteiger partial charge is 0.348 e. The van der Waals surface area contributed by atoms with E-state index >= 15 is 0 Å². The molecule has 0 atom stereocenters. The number of aryl methyl sites for hydroxylation is 2. The quantitative estimate of drug-likeness (QED) is 0.458. The lowest BCUT2D eigenvalue weighted by Gasteiger charge is -2.09. The van der Waals surface area contributed by atoms with Gasteiger partial charge < -0.3 is 9.84 Å². The van der Waals surface area contributed by atoms with Gasteiger partial charge >= 0.3 is 0 Å². The van der Waals surface area contributed by atoms with Crippen molar-refractivity contribution >= 4 is 17.0 Å². The Balaban J connectivity index is 1.45. The van der Waals surface area contributed by atoms with Crippen LogP contribution in [0.3, 0.4) is 0 Å². The minimum Gasteiger partial charge on any atom is -0.348 e. The van der Waals surface area contributed by atoms with Crippen molar-refractivity contribution in [3.05, 3.63) is 89.5 Å². The molecule has 4 heterocycles. The normalized spacial score (nSPS) is 11.1. The van der Waals surface area contributed by atoms with Crippen LogP contribution < -0.4 is 5.32 Å². The van der Waals surface area contributed by atoms with E-state index in [1.807, 2.05) is 55.6 Å². The van der Waals surface area contributed by atoms with Gasteiger partial charge in [-0.15, -0.1) is 0 Å². The second kappa shape index (κ2) is 8.07. The number of carbonyl (C=O) groups excluding carboxylic acids is 1. The number of nitrogens with zero attached hydrogens (tertiary/aromatic N) is 5. The molecule has 5 aromatic rings. The highest BCUT2D eigenvalue weighted by Gasteiger charge is 2.19. The molecular formula is C24H20N6O2. The number of hydrogen-bond donors (Lipinski definition) is 1. The van der Waals surface area contributed by atoms with Gasteiger partial charge in [0.15, 0.2) is 5.82 Å². The number of rotatable bonds is 5. The minimum atomic E-state index is -0.227. The Labute approximate surface area is 183 Å². The van der Waals surface area contributed by atoms with Crippen molar-refractivity contribution < 1.29 is 9.32 Å². The second-order valence-electron chi connectivity index (χ2n) is 7.52. The van der Waals surface area contributed by atoms with E-state index in [9.17, 15) is 4.79 Å². The van der Waals surface area contributed by atoms with Gasteiger partial charge in [0.05, 0.1) is 22.3 Å². The third-order valence-corrected chi connectivity index (χ3v) is 5.21. The highest BCUT2D eigenvalue weighted by molar-refractivity contribution is 6.06. The van der Waals surface area contributed by atoms with Gasteiger partial charge in [-0.2, -0.15) is 5.10 Å². The third kappa shape index (κ3) is 3.74. The Morgan fingerprint density at radius 1 is 1.09 bits per heavy atom. The van der Waals surface area contributed by atoms with Crippen LogP contribution in [0, 0.1) is 13.8 Å². The Kier molecular flexibility index (Phi) is 4.95.